The highest BCUT2D eigenvalue weighted by Gasteiger charge is 2.27. The molecule has 0 aliphatic carbocycles. The van der Waals surface area contributed by atoms with Gasteiger partial charge < -0.3 is 14.8 Å². The molecule has 0 saturated carbocycles. The molecule has 0 radical (unpaired) electrons. The van der Waals surface area contributed by atoms with Crippen LogP contribution < -0.4 is 15.0 Å². The summed E-state index contributed by atoms with van der Waals surface area (Å²) in [7, 11) is 0. The SMILES string of the molecule is C[C@H](OC(=O)CN1C(=O)CCOc2ccccc21)C(=O)Nc1ccc(Cl)cc1. The molecule has 8 heteroatoms. The number of halogens is 1. The second-order valence-electron chi connectivity index (χ2n) is 6.17. The lowest BCUT2D eigenvalue weighted by Gasteiger charge is -2.22. The molecule has 1 atom stereocenters. The third-order valence-electron chi connectivity index (χ3n) is 4.11. The number of carbonyl (C=O) groups excluding carboxylic acids is 3. The monoisotopic (exact) mass is 402 g/mol. The lowest BCUT2D eigenvalue weighted by atomic mass is 10.2. The Morgan fingerprint density at radius 3 is 2.68 bits per heavy atom. The van der Waals surface area contributed by atoms with E-state index >= 15 is 0 Å². The van der Waals surface area contributed by atoms with Crippen LogP contribution in [0.2, 0.25) is 5.02 Å². The van der Waals surface area contributed by atoms with Gasteiger partial charge >= 0.3 is 5.97 Å². The highest BCUT2D eigenvalue weighted by atomic mass is 35.5. The summed E-state index contributed by atoms with van der Waals surface area (Å²) in [5, 5.41) is 3.18. The van der Waals surface area contributed by atoms with Crippen LogP contribution in [0.5, 0.6) is 5.75 Å². The van der Waals surface area contributed by atoms with Gasteiger partial charge in [-0.05, 0) is 43.3 Å². The van der Waals surface area contributed by atoms with Crippen LogP contribution in [0.4, 0.5) is 11.4 Å². The molecule has 1 aliphatic heterocycles. The summed E-state index contributed by atoms with van der Waals surface area (Å²) in [5.74, 6) is -0.903. The number of esters is 1. The molecular formula is C20H19ClN2O5. The number of nitrogens with one attached hydrogen (secondary N) is 1. The number of benzene rings is 2. The van der Waals surface area contributed by atoms with Crippen molar-refractivity contribution in [3.05, 3.63) is 53.6 Å². The van der Waals surface area contributed by atoms with Crippen LogP contribution in [0.15, 0.2) is 48.5 Å². The van der Waals surface area contributed by atoms with E-state index in [4.69, 9.17) is 21.1 Å². The second kappa shape index (κ2) is 8.75. The van der Waals surface area contributed by atoms with Gasteiger partial charge in [-0.2, -0.15) is 0 Å². The highest BCUT2D eigenvalue weighted by Crippen LogP contribution is 2.30. The maximum atomic E-state index is 12.3. The lowest BCUT2D eigenvalue weighted by molar-refractivity contribution is -0.152. The Hall–Kier alpha value is -3.06. The van der Waals surface area contributed by atoms with Crippen molar-refractivity contribution in [2.75, 3.05) is 23.4 Å². The molecule has 0 spiro atoms. The van der Waals surface area contributed by atoms with E-state index in [2.05, 4.69) is 5.32 Å². The number of ether oxygens (including phenoxy) is 2. The maximum absolute atomic E-state index is 12.3. The Kier molecular flexibility index (Phi) is 6.16. The van der Waals surface area contributed by atoms with Crippen LogP contribution in [-0.2, 0) is 19.1 Å². The summed E-state index contributed by atoms with van der Waals surface area (Å²) >= 11 is 5.81. The molecule has 28 heavy (non-hydrogen) atoms. The normalized spacial score (nSPS) is 14.4. The zero-order valence-corrected chi connectivity index (χ0v) is 15.9. The summed E-state index contributed by atoms with van der Waals surface area (Å²) < 4.78 is 10.7. The van der Waals surface area contributed by atoms with Gasteiger partial charge in [0.2, 0.25) is 5.91 Å². The van der Waals surface area contributed by atoms with E-state index in [-0.39, 0.29) is 25.5 Å². The van der Waals surface area contributed by atoms with Crippen LogP contribution in [-0.4, -0.2) is 37.0 Å². The third kappa shape index (κ3) is 4.80. The van der Waals surface area contributed by atoms with Gasteiger partial charge in [0.25, 0.3) is 5.91 Å². The van der Waals surface area contributed by atoms with Gasteiger partial charge in [-0.3, -0.25) is 19.3 Å². The number of carbonyl (C=O) groups is 3. The van der Waals surface area contributed by atoms with Crippen molar-refractivity contribution in [1.29, 1.82) is 0 Å². The van der Waals surface area contributed by atoms with E-state index in [0.29, 0.717) is 22.1 Å². The lowest BCUT2D eigenvalue weighted by Crippen LogP contribution is -2.39. The first-order valence-corrected chi connectivity index (χ1v) is 9.10. The molecule has 2 aromatic carbocycles. The van der Waals surface area contributed by atoms with Crippen molar-refractivity contribution in [3.8, 4) is 5.75 Å². The van der Waals surface area contributed by atoms with Gasteiger partial charge in [-0.15, -0.1) is 0 Å². The van der Waals surface area contributed by atoms with Gasteiger partial charge in [0, 0.05) is 10.7 Å². The van der Waals surface area contributed by atoms with E-state index in [1.807, 2.05) is 0 Å². The summed E-state index contributed by atoms with van der Waals surface area (Å²) in [6, 6.07) is 13.5. The number of nitrogens with zero attached hydrogens (tertiary/aromatic N) is 1. The molecule has 3 rings (SSSR count). The van der Waals surface area contributed by atoms with Gasteiger partial charge in [-0.1, -0.05) is 23.7 Å². The van der Waals surface area contributed by atoms with Crippen LogP contribution >= 0.6 is 11.6 Å². The minimum Gasteiger partial charge on any atom is -0.491 e. The molecule has 0 unspecified atom stereocenters. The van der Waals surface area contributed by atoms with Crippen molar-refractivity contribution in [3.63, 3.8) is 0 Å². The number of rotatable bonds is 5. The van der Waals surface area contributed by atoms with Crippen LogP contribution in [0, 0.1) is 0 Å². The fraction of sp³-hybridized carbons (Fsp3) is 0.250. The molecule has 0 bridgehead atoms. The second-order valence-corrected chi connectivity index (χ2v) is 6.61. The molecule has 0 saturated heterocycles. The third-order valence-corrected chi connectivity index (χ3v) is 4.36. The zero-order valence-electron chi connectivity index (χ0n) is 15.2. The van der Waals surface area contributed by atoms with Crippen molar-refractivity contribution >= 4 is 40.8 Å². The Labute approximate surface area is 167 Å². The highest BCUT2D eigenvalue weighted by molar-refractivity contribution is 6.30. The van der Waals surface area contributed by atoms with Crippen molar-refractivity contribution < 1.29 is 23.9 Å². The molecule has 1 heterocycles. The molecule has 146 valence electrons. The molecule has 0 aromatic heterocycles. The number of para-hydroxylation sites is 2. The van der Waals surface area contributed by atoms with Gasteiger partial charge in [0.05, 0.1) is 18.7 Å². The number of fused-ring (bicyclic) bond motifs is 1. The minimum atomic E-state index is -1.03. The van der Waals surface area contributed by atoms with E-state index < -0.39 is 18.0 Å². The smallest absolute Gasteiger partial charge is 0.326 e. The number of hydrogen-bond donors (Lipinski definition) is 1. The zero-order chi connectivity index (χ0) is 20.1. The van der Waals surface area contributed by atoms with E-state index in [1.165, 1.54) is 11.8 Å². The Morgan fingerprint density at radius 1 is 1.21 bits per heavy atom. The van der Waals surface area contributed by atoms with Crippen molar-refractivity contribution in [2.45, 2.75) is 19.4 Å². The first-order valence-electron chi connectivity index (χ1n) is 8.72. The summed E-state index contributed by atoms with van der Waals surface area (Å²) in [5.41, 5.74) is 1.03. The summed E-state index contributed by atoms with van der Waals surface area (Å²) in [6.45, 7) is 1.39. The Morgan fingerprint density at radius 2 is 1.93 bits per heavy atom. The molecule has 2 aromatic rings. The number of amides is 2. The summed E-state index contributed by atoms with van der Waals surface area (Å²) in [6.07, 6.45) is -0.883. The van der Waals surface area contributed by atoms with Gasteiger partial charge in [-0.25, -0.2) is 0 Å². The minimum absolute atomic E-state index is 0.147. The predicted octanol–water partition coefficient (Wildman–Crippen LogP) is 3.03. The largest absolute Gasteiger partial charge is 0.491 e. The average Bonchev–Trinajstić information content (AvgIpc) is 2.83. The topological polar surface area (TPSA) is 84.9 Å². The molecule has 2 amide bonds. The van der Waals surface area contributed by atoms with E-state index in [9.17, 15) is 14.4 Å². The fourth-order valence-electron chi connectivity index (χ4n) is 2.69. The van der Waals surface area contributed by atoms with Crippen LogP contribution in [0.25, 0.3) is 0 Å². The molecule has 1 aliphatic rings. The van der Waals surface area contributed by atoms with Gasteiger partial charge in [0.1, 0.15) is 12.3 Å². The quantitative estimate of drug-likeness (QED) is 0.777. The average molecular weight is 403 g/mol. The molecule has 0 fully saturated rings. The first-order chi connectivity index (χ1) is 13.4. The fourth-order valence-corrected chi connectivity index (χ4v) is 2.81. The molecule has 1 N–H and O–H groups in total. The van der Waals surface area contributed by atoms with Crippen molar-refractivity contribution in [1.82, 2.24) is 0 Å². The molecule has 7 nitrogen and oxygen atoms in total. The maximum Gasteiger partial charge on any atom is 0.326 e. The van der Waals surface area contributed by atoms with Crippen LogP contribution in [0.1, 0.15) is 13.3 Å². The van der Waals surface area contributed by atoms with Crippen LogP contribution in [0.3, 0.4) is 0 Å². The van der Waals surface area contributed by atoms with E-state index in [1.54, 1.807) is 48.5 Å². The van der Waals surface area contributed by atoms with Crippen molar-refractivity contribution in [2.24, 2.45) is 0 Å². The Bertz CT molecular complexity index is 884. The number of hydrogen-bond acceptors (Lipinski definition) is 5. The number of anilines is 2. The first kappa shape index (κ1) is 19.7. The summed E-state index contributed by atoms with van der Waals surface area (Å²) in [4.78, 5) is 38.2. The van der Waals surface area contributed by atoms with Gasteiger partial charge in [0.15, 0.2) is 6.10 Å². The molecular weight excluding hydrogens is 384 g/mol. The standard InChI is InChI=1S/C20H19ClN2O5/c1-13(20(26)22-15-8-6-14(21)7-9-15)28-19(25)12-23-16-4-2-3-5-17(16)27-11-10-18(23)24/h2-9,13H,10-12H2,1H3,(H,22,26)/t13-/m0/s1. The van der Waals surface area contributed by atoms with E-state index in [0.717, 1.165) is 0 Å². The predicted molar refractivity (Wildman–Crippen MR) is 105 cm³/mol. The Balaban J connectivity index is 1.62.